The number of aromatic nitrogens is 4. The van der Waals surface area contributed by atoms with Gasteiger partial charge in [-0.05, 0) is 68.5 Å². The molecule has 1 aromatic carbocycles. The van der Waals surface area contributed by atoms with Gasteiger partial charge in [-0.1, -0.05) is 36.2 Å². The lowest BCUT2D eigenvalue weighted by Gasteiger charge is -2.31. The van der Waals surface area contributed by atoms with E-state index in [1.807, 2.05) is 32.2 Å². The summed E-state index contributed by atoms with van der Waals surface area (Å²) in [6.07, 6.45) is 7.34. The molecule has 3 aromatic heterocycles. The Balaban J connectivity index is 1.38. The standard InChI is InChI=1S/C27H26Cl2FN5O2/c1-4-27-15(6-5-14-9-19(30)17-12-18(28)24(31)34-20(17)10-14)11-21(22(27)36-26(2,3)37-27)35-8-7-16-23(29)32-13-33-25(16)35/h7-13,21-22H,4-6H2,1-3H3,(H2,31,34)/t21-,22+,27-/m1/s1. The number of nitrogens with two attached hydrogens (primary N) is 1. The van der Waals surface area contributed by atoms with Crippen molar-refractivity contribution < 1.29 is 13.9 Å². The van der Waals surface area contributed by atoms with Gasteiger partial charge in [-0.25, -0.2) is 19.3 Å². The van der Waals surface area contributed by atoms with Gasteiger partial charge in [0.05, 0.1) is 22.0 Å². The molecule has 1 fully saturated rings. The monoisotopic (exact) mass is 541 g/mol. The number of hydrogen-bond acceptors (Lipinski definition) is 6. The molecule has 2 aliphatic rings. The number of halogens is 3. The summed E-state index contributed by atoms with van der Waals surface area (Å²) >= 11 is 12.4. The number of aryl methyl sites for hydroxylation is 1. The maximum absolute atomic E-state index is 14.9. The number of hydrogen-bond donors (Lipinski definition) is 1. The molecule has 1 aliphatic heterocycles. The van der Waals surface area contributed by atoms with Crippen molar-refractivity contribution in [1.82, 2.24) is 19.5 Å². The second-order valence-electron chi connectivity index (χ2n) is 10.1. The van der Waals surface area contributed by atoms with E-state index in [1.54, 1.807) is 0 Å². The van der Waals surface area contributed by atoms with E-state index in [0.29, 0.717) is 28.9 Å². The summed E-state index contributed by atoms with van der Waals surface area (Å²) in [4.78, 5) is 12.9. The highest BCUT2D eigenvalue weighted by atomic mass is 35.5. The molecule has 0 radical (unpaired) electrons. The Kier molecular flexibility index (Phi) is 5.73. The van der Waals surface area contributed by atoms with Crippen LogP contribution in [0.5, 0.6) is 0 Å². The molecule has 7 nitrogen and oxygen atoms in total. The summed E-state index contributed by atoms with van der Waals surface area (Å²) in [5, 5.41) is 1.78. The fourth-order valence-corrected chi connectivity index (χ4v) is 6.20. The Morgan fingerprint density at radius 1 is 1.14 bits per heavy atom. The van der Waals surface area contributed by atoms with Crippen LogP contribution in [0.15, 0.2) is 48.4 Å². The first kappa shape index (κ1) is 24.6. The Morgan fingerprint density at radius 2 is 1.95 bits per heavy atom. The van der Waals surface area contributed by atoms with E-state index in [2.05, 4.69) is 32.5 Å². The van der Waals surface area contributed by atoms with Crippen LogP contribution in [0.3, 0.4) is 0 Å². The molecule has 2 N–H and O–H groups in total. The maximum Gasteiger partial charge on any atom is 0.164 e. The lowest BCUT2D eigenvalue weighted by atomic mass is 9.86. The zero-order valence-corrected chi connectivity index (χ0v) is 22.1. The predicted molar refractivity (Wildman–Crippen MR) is 142 cm³/mol. The number of nitrogen functional groups attached to an aromatic ring is 1. The zero-order valence-electron chi connectivity index (χ0n) is 20.6. The highest BCUT2D eigenvalue weighted by Crippen LogP contribution is 2.54. The topological polar surface area (TPSA) is 88.1 Å². The van der Waals surface area contributed by atoms with E-state index in [9.17, 15) is 4.39 Å². The number of ether oxygens (including phenoxy) is 2. The molecule has 4 aromatic rings. The molecule has 4 heterocycles. The van der Waals surface area contributed by atoms with Gasteiger partial charge in [0.1, 0.15) is 40.5 Å². The first-order valence-electron chi connectivity index (χ1n) is 12.2. The zero-order chi connectivity index (χ0) is 26.1. The summed E-state index contributed by atoms with van der Waals surface area (Å²) in [6.45, 7) is 5.97. The Hall–Kier alpha value is -2.78. The minimum absolute atomic E-state index is 0.155. The fourth-order valence-electron chi connectivity index (χ4n) is 5.85. The van der Waals surface area contributed by atoms with Crippen molar-refractivity contribution in [1.29, 1.82) is 0 Å². The Morgan fingerprint density at radius 3 is 2.73 bits per heavy atom. The van der Waals surface area contributed by atoms with Crippen molar-refractivity contribution in [2.75, 3.05) is 5.73 Å². The largest absolute Gasteiger partial charge is 0.382 e. The smallest absolute Gasteiger partial charge is 0.164 e. The van der Waals surface area contributed by atoms with Gasteiger partial charge in [0.25, 0.3) is 0 Å². The normalized spacial score (nSPS) is 24.6. The molecule has 0 spiro atoms. The summed E-state index contributed by atoms with van der Waals surface area (Å²) in [5.74, 6) is -0.953. The molecule has 0 saturated carbocycles. The van der Waals surface area contributed by atoms with Crippen molar-refractivity contribution in [3.05, 3.63) is 70.0 Å². The average molecular weight is 542 g/mol. The molecular formula is C27H26Cl2FN5O2. The van der Waals surface area contributed by atoms with Gasteiger partial charge in [-0.3, -0.25) is 0 Å². The number of fused-ring (bicyclic) bond motifs is 3. The quantitative estimate of drug-likeness (QED) is 0.231. The number of anilines is 1. The molecule has 10 heteroatoms. The van der Waals surface area contributed by atoms with Gasteiger partial charge in [0.2, 0.25) is 0 Å². The van der Waals surface area contributed by atoms with Crippen molar-refractivity contribution in [3.8, 4) is 0 Å². The van der Waals surface area contributed by atoms with E-state index >= 15 is 0 Å². The van der Waals surface area contributed by atoms with E-state index in [-0.39, 0.29) is 28.8 Å². The molecule has 6 rings (SSSR count). The van der Waals surface area contributed by atoms with Crippen LogP contribution in [0.25, 0.3) is 21.9 Å². The first-order chi connectivity index (χ1) is 17.6. The second-order valence-corrected chi connectivity index (χ2v) is 10.9. The van der Waals surface area contributed by atoms with Crippen LogP contribution in [-0.4, -0.2) is 37.0 Å². The molecule has 0 unspecified atom stereocenters. The highest BCUT2D eigenvalue weighted by Gasteiger charge is 2.60. The molecule has 0 bridgehead atoms. The summed E-state index contributed by atoms with van der Waals surface area (Å²) in [5.41, 5.74) is 8.39. The van der Waals surface area contributed by atoms with Crippen LogP contribution in [0.1, 0.15) is 45.2 Å². The van der Waals surface area contributed by atoms with Gasteiger partial charge < -0.3 is 19.8 Å². The van der Waals surface area contributed by atoms with Crippen LogP contribution in [0.2, 0.25) is 10.2 Å². The van der Waals surface area contributed by atoms with Crippen molar-refractivity contribution >= 4 is 51.0 Å². The van der Waals surface area contributed by atoms with Gasteiger partial charge in [0, 0.05) is 11.6 Å². The third-order valence-electron chi connectivity index (χ3n) is 7.44. The summed E-state index contributed by atoms with van der Waals surface area (Å²) in [6, 6.07) is 6.68. The minimum Gasteiger partial charge on any atom is -0.382 e. The van der Waals surface area contributed by atoms with E-state index in [0.717, 1.165) is 28.6 Å². The third kappa shape index (κ3) is 3.89. The SMILES string of the molecule is CC[C@]12OC(C)(C)O[C@H]1[C@H](n1ccc3c(Cl)ncnc31)C=C2CCc1cc(F)c2cc(Cl)c(N)nc2c1. The number of rotatable bonds is 5. The van der Waals surface area contributed by atoms with Gasteiger partial charge in [0.15, 0.2) is 5.79 Å². The van der Waals surface area contributed by atoms with Gasteiger partial charge >= 0.3 is 0 Å². The molecule has 1 aliphatic carbocycles. The minimum atomic E-state index is -0.760. The van der Waals surface area contributed by atoms with Crippen LogP contribution >= 0.6 is 23.2 Å². The number of nitrogens with zero attached hydrogens (tertiary/aromatic N) is 4. The molecule has 192 valence electrons. The first-order valence-corrected chi connectivity index (χ1v) is 13.0. The fraction of sp³-hybridized carbons (Fsp3) is 0.370. The summed E-state index contributed by atoms with van der Waals surface area (Å²) < 4.78 is 30.1. The van der Waals surface area contributed by atoms with E-state index < -0.39 is 11.4 Å². The lowest BCUT2D eigenvalue weighted by molar-refractivity contribution is -0.160. The van der Waals surface area contributed by atoms with Crippen molar-refractivity contribution in [2.45, 2.75) is 63.6 Å². The van der Waals surface area contributed by atoms with E-state index in [4.69, 9.17) is 38.4 Å². The average Bonchev–Trinajstić information content (AvgIpc) is 3.48. The number of benzene rings is 1. The van der Waals surface area contributed by atoms with Crippen LogP contribution in [0, 0.1) is 5.82 Å². The molecule has 37 heavy (non-hydrogen) atoms. The Bertz CT molecular complexity index is 1590. The number of pyridine rings is 1. The van der Waals surface area contributed by atoms with Crippen molar-refractivity contribution in [2.24, 2.45) is 0 Å². The van der Waals surface area contributed by atoms with Crippen LogP contribution in [0.4, 0.5) is 10.2 Å². The summed E-state index contributed by atoms with van der Waals surface area (Å²) in [7, 11) is 0. The Labute approximate surface area is 223 Å². The van der Waals surface area contributed by atoms with Crippen LogP contribution in [-0.2, 0) is 15.9 Å². The van der Waals surface area contributed by atoms with E-state index in [1.165, 1.54) is 18.5 Å². The molecular weight excluding hydrogens is 516 g/mol. The van der Waals surface area contributed by atoms with Crippen molar-refractivity contribution in [3.63, 3.8) is 0 Å². The maximum atomic E-state index is 14.9. The molecule has 1 saturated heterocycles. The lowest BCUT2D eigenvalue weighted by Crippen LogP contribution is -2.41. The van der Waals surface area contributed by atoms with Crippen LogP contribution < -0.4 is 5.73 Å². The third-order valence-corrected chi connectivity index (χ3v) is 8.04. The van der Waals surface area contributed by atoms with Gasteiger partial charge in [-0.2, -0.15) is 0 Å². The highest BCUT2D eigenvalue weighted by molar-refractivity contribution is 6.34. The molecule has 0 amide bonds. The predicted octanol–water partition coefficient (Wildman–Crippen LogP) is 6.42. The van der Waals surface area contributed by atoms with Gasteiger partial charge in [-0.15, -0.1) is 0 Å². The second kappa shape index (κ2) is 8.63. The molecule has 3 atom stereocenters.